The van der Waals surface area contributed by atoms with Crippen LogP contribution in [0.3, 0.4) is 0 Å². The quantitative estimate of drug-likeness (QED) is 0.793. The number of hydrogen-bond acceptors (Lipinski definition) is 2. The Bertz CT molecular complexity index is 328. The third kappa shape index (κ3) is 3.36. The maximum absolute atomic E-state index is 11.6. The van der Waals surface area contributed by atoms with E-state index in [4.69, 9.17) is 5.73 Å². The molecule has 1 aromatic rings. The molecule has 0 aliphatic heterocycles. The monoisotopic (exact) mass is 206 g/mol. The topological polar surface area (TPSA) is 55.1 Å². The second-order valence-electron chi connectivity index (χ2n) is 4.04. The standard InChI is InChI=1S/C12H18N2O/c1-8(2)14-12(15)11-6-4-10(5-7-11)9(3)13/h4-9H,13H2,1-3H3,(H,14,15). The minimum atomic E-state index is -0.0405. The first-order chi connectivity index (χ1) is 7.00. The lowest BCUT2D eigenvalue weighted by Crippen LogP contribution is -2.30. The smallest absolute Gasteiger partial charge is 0.251 e. The van der Waals surface area contributed by atoms with Crippen molar-refractivity contribution in [3.63, 3.8) is 0 Å². The molecule has 0 aliphatic carbocycles. The van der Waals surface area contributed by atoms with E-state index in [0.29, 0.717) is 5.56 Å². The van der Waals surface area contributed by atoms with Crippen LogP contribution >= 0.6 is 0 Å². The highest BCUT2D eigenvalue weighted by Gasteiger charge is 2.07. The number of amides is 1. The lowest BCUT2D eigenvalue weighted by molar-refractivity contribution is 0.0943. The van der Waals surface area contributed by atoms with Crippen molar-refractivity contribution in [1.82, 2.24) is 5.32 Å². The largest absolute Gasteiger partial charge is 0.350 e. The Morgan fingerprint density at radius 1 is 1.20 bits per heavy atom. The van der Waals surface area contributed by atoms with Gasteiger partial charge in [-0.15, -0.1) is 0 Å². The molecule has 1 rings (SSSR count). The number of benzene rings is 1. The minimum Gasteiger partial charge on any atom is -0.350 e. The molecule has 0 radical (unpaired) electrons. The Morgan fingerprint density at radius 3 is 2.13 bits per heavy atom. The molecule has 1 unspecified atom stereocenters. The first-order valence-electron chi connectivity index (χ1n) is 5.17. The number of carbonyl (C=O) groups excluding carboxylic acids is 1. The Kier molecular flexibility index (Phi) is 3.86. The Hall–Kier alpha value is -1.35. The van der Waals surface area contributed by atoms with Crippen LogP contribution in [0.5, 0.6) is 0 Å². The number of carbonyl (C=O) groups is 1. The first kappa shape index (κ1) is 11.7. The molecule has 1 aromatic carbocycles. The summed E-state index contributed by atoms with van der Waals surface area (Å²) in [5.74, 6) is -0.0405. The zero-order chi connectivity index (χ0) is 11.4. The highest BCUT2D eigenvalue weighted by molar-refractivity contribution is 5.94. The van der Waals surface area contributed by atoms with Crippen LogP contribution in [-0.4, -0.2) is 11.9 Å². The average molecular weight is 206 g/mol. The van der Waals surface area contributed by atoms with E-state index in [-0.39, 0.29) is 18.0 Å². The highest BCUT2D eigenvalue weighted by Crippen LogP contribution is 2.10. The van der Waals surface area contributed by atoms with Gasteiger partial charge in [0.05, 0.1) is 0 Å². The molecule has 0 bridgehead atoms. The molecule has 3 nitrogen and oxygen atoms in total. The molecule has 0 spiro atoms. The van der Waals surface area contributed by atoms with Crippen LogP contribution in [0, 0.1) is 0 Å². The third-order valence-corrected chi connectivity index (χ3v) is 2.12. The molecule has 0 fully saturated rings. The summed E-state index contributed by atoms with van der Waals surface area (Å²) in [6.45, 7) is 5.80. The molecule has 3 N–H and O–H groups in total. The maximum Gasteiger partial charge on any atom is 0.251 e. The molecule has 0 saturated heterocycles. The summed E-state index contributed by atoms with van der Waals surface area (Å²) in [4.78, 5) is 11.6. The van der Waals surface area contributed by atoms with Crippen LogP contribution in [0.25, 0.3) is 0 Å². The highest BCUT2D eigenvalue weighted by atomic mass is 16.1. The zero-order valence-corrected chi connectivity index (χ0v) is 9.45. The van der Waals surface area contributed by atoms with Crippen molar-refractivity contribution in [3.8, 4) is 0 Å². The van der Waals surface area contributed by atoms with Gasteiger partial charge in [0.15, 0.2) is 0 Å². The van der Waals surface area contributed by atoms with Gasteiger partial charge in [0.25, 0.3) is 5.91 Å². The molecule has 1 amide bonds. The van der Waals surface area contributed by atoms with E-state index >= 15 is 0 Å². The fourth-order valence-corrected chi connectivity index (χ4v) is 1.28. The molecule has 3 heteroatoms. The van der Waals surface area contributed by atoms with Crippen molar-refractivity contribution in [2.45, 2.75) is 32.9 Å². The van der Waals surface area contributed by atoms with E-state index in [1.54, 1.807) is 12.1 Å². The van der Waals surface area contributed by atoms with Crippen molar-refractivity contribution in [1.29, 1.82) is 0 Å². The van der Waals surface area contributed by atoms with Crippen LogP contribution in [0.1, 0.15) is 42.7 Å². The number of nitrogens with one attached hydrogen (secondary N) is 1. The zero-order valence-electron chi connectivity index (χ0n) is 9.45. The molecular weight excluding hydrogens is 188 g/mol. The van der Waals surface area contributed by atoms with Gasteiger partial charge in [-0.2, -0.15) is 0 Å². The molecule has 1 atom stereocenters. The summed E-state index contributed by atoms with van der Waals surface area (Å²) in [5.41, 5.74) is 7.43. The molecule has 15 heavy (non-hydrogen) atoms. The summed E-state index contributed by atoms with van der Waals surface area (Å²) < 4.78 is 0. The van der Waals surface area contributed by atoms with E-state index in [2.05, 4.69) is 5.32 Å². The predicted octanol–water partition coefficient (Wildman–Crippen LogP) is 1.84. The van der Waals surface area contributed by atoms with E-state index in [1.165, 1.54) is 0 Å². The van der Waals surface area contributed by atoms with Crippen molar-refractivity contribution >= 4 is 5.91 Å². The first-order valence-corrected chi connectivity index (χ1v) is 5.17. The number of hydrogen-bond donors (Lipinski definition) is 2. The fourth-order valence-electron chi connectivity index (χ4n) is 1.28. The van der Waals surface area contributed by atoms with E-state index in [0.717, 1.165) is 5.56 Å². The van der Waals surface area contributed by atoms with Crippen molar-refractivity contribution in [2.75, 3.05) is 0 Å². The molecule has 0 heterocycles. The van der Waals surface area contributed by atoms with Gasteiger partial charge < -0.3 is 11.1 Å². The number of nitrogens with two attached hydrogens (primary N) is 1. The normalized spacial score (nSPS) is 12.6. The van der Waals surface area contributed by atoms with Crippen molar-refractivity contribution in [3.05, 3.63) is 35.4 Å². The van der Waals surface area contributed by atoms with Crippen LogP contribution < -0.4 is 11.1 Å². The maximum atomic E-state index is 11.6. The van der Waals surface area contributed by atoms with Crippen LogP contribution in [0.2, 0.25) is 0 Å². The van der Waals surface area contributed by atoms with Crippen molar-refractivity contribution in [2.24, 2.45) is 5.73 Å². The van der Waals surface area contributed by atoms with Gasteiger partial charge in [-0.25, -0.2) is 0 Å². The third-order valence-electron chi connectivity index (χ3n) is 2.12. The predicted molar refractivity (Wildman–Crippen MR) is 61.6 cm³/mol. The second-order valence-corrected chi connectivity index (χ2v) is 4.04. The summed E-state index contributed by atoms with van der Waals surface area (Å²) in [5, 5.41) is 2.84. The van der Waals surface area contributed by atoms with Gasteiger partial charge >= 0.3 is 0 Å². The van der Waals surface area contributed by atoms with Gasteiger partial charge in [0, 0.05) is 17.6 Å². The van der Waals surface area contributed by atoms with E-state index < -0.39 is 0 Å². The number of rotatable bonds is 3. The molecular formula is C12H18N2O. The Balaban J connectivity index is 2.75. The average Bonchev–Trinajstić information content (AvgIpc) is 2.17. The van der Waals surface area contributed by atoms with E-state index in [1.807, 2.05) is 32.9 Å². The summed E-state index contributed by atoms with van der Waals surface area (Å²) >= 11 is 0. The van der Waals surface area contributed by atoms with E-state index in [9.17, 15) is 4.79 Å². The lowest BCUT2D eigenvalue weighted by Gasteiger charge is -2.09. The lowest BCUT2D eigenvalue weighted by atomic mass is 10.1. The SMILES string of the molecule is CC(C)NC(=O)c1ccc(C(C)N)cc1. The minimum absolute atomic E-state index is 0.00668. The molecule has 82 valence electrons. The van der Waals surface area contributed by atoms with Gasteiger partial charge in [0.2, 0.25) is 0 Å². The second kappa shape index (κ2) is 4.94. The van der Waals surface area contributed by atoms with Crippen LogP contribution in [-0.2, 0) is 0 Å². The summed E-state index contributed by atoms with van der Waals surface area (Å²) in [6, 6.07) is 7.55. The van der Waals surface area contributed by atoms with Gasteiger partial charge in [-0.05, 0) is 38.5 Å². The van der Waals surface area contributed by atoms with Crippen LogP contribution in [0.4, 0.5) is 0 Å². The molecule has 0 aliphatic rings. The summed E-state index contributed by atoms with van der Waals surface area (Å²) in [7, 11) is 0. The van der Waals surface area contributed by atoms with Gasteiger partial charge in [0.1, 0.15) is 0 Å². The van der Waals surface area contributed by atoms with Crippen molar-refractivity contribution < 1.29 is 4.79 Å². The van der Waals surface area contributed by atoms with Gasteiger partial charge in [-0.1, -0.05) is 12.1 Å². The van der Waals surface area contributed by atoms with Crippen LogP contribution in [0.15, 0.2) is 24.3 Å². The Morgan fingerprint density at radius 2 is 1.73 bits per heavy atom. The molecule has 0 aromatic heterocycles. The fraction of sp³-hybridized carbons (Fsp3) is 0.417. The Labute approximate surface area is 90.7 Å². The molecule has 0 saturated carbocycles. The van der Waals surface area contributed by atoms with Gasteiger partial charge in [-0.3, -0.25) is 4.79 Å². The summed E-state index contributed by atoms with van der Waals surface area (Å²) in [6.07, 6.45) is 0.